The first-order chi connectivity index (χ1) is 11.0. The number of pyridine rings is 1. The molecular formula is C17H10F3NO2. The van der Waals surface area contributed by atoms with Crippen LogP contribution in [0.5, 0.6) is 0 Å². The topological polar surface area (TPSA) is 39.2 Å². The second-order valence-electron chi connectivity index (χ2n) is 4.79. The SMILES string of the molecule is COC(=O)c1ccc2cc(F)c(-c3ccccc3F)nc2c1F. The number of fused-ring (bicyclic) bond motifs is 1. The average molecular weight is 317 g/mol. The summed E-state index contributed by atoms with van der Waals surface area (Å²) in [6.07, 6.45) is 0. The molecule has 0 atom stereocenters. The lowest BCUT2D eigenvalue weighted by molar-refractivity contribution is 0.0596. The number of esters is 1. The normalized spacial score (nSPS) is 10.8. The number of nitrogens with zero attached hydrogens (tertiary/aromatic N) is 1. The van der Waals surface area contributed by atoms with Gasteiger partial charge in [-0.2, -0.15) is 0 Å². The van der Waals surface area contributed by atoms with E-state index in [1.807, 2.05) is 0 Å². The van der Waals surface area contributed by atoms with Gasteiger partial charge in [0.05, 0.1) is 12.7 Å². The zero-order chi connectivity index (χ0) is 16.6. The predicted octanol–water partition coefficient (Wildman–Crippen LogP) is 4.11. The molecule has 2 aromatic carbocycles. The Morgan fingerprint density at radius 1 is 1.04 bits per heavy atom. The van der Waals surface area contributed by atoms with Crippen molar-refractivity contribution >= 4 is 16.9 Å². The third-order valence-corrected chi connectivity index (χ3v) is 3.41. The van der Waals surface area contributed by atoms with Crippen LogP contribution < -0.4 is 0 Å². The summed E-state index contributed by atoms with van der Waals surface area (Å²) in [6, 6.07) is 9.06. The zero-order valence-corrected chi connectivity index (χ0v) is 11.9. The van der Waals surface area contributed by atoms with Gasteiger partial charge < -0.3 is 4.74 Å². The van der Waals surface area contributed by atoms with Crippen LogP contribution >= 0.6 is 0 Å². The van der Waals surface area contributed by atoms with Crippen molar-refractivity contribution in [3.05, 3.63) is 65.5 Å². The van der Waals surface area contributed by atoms with Crippen LogP contribution in [0, 0.1) is 17.5 Å². The number of hydrogen-bond donors (Lipinski definition) is 0. The van der Waals surface area contributed by atoms with Crippen molar-refractivity contribution in [1.29, 1.82) is 0 Å². The Labute approximate surface area is 129 Å². The van der Waals surface area contributed by atoms with Gasteiger partial charge in [-0.3, -0.25) is 0 Å². The van der Waals surface area contributed by atoms with Gasteiger partial charge in [0.15, 0.2) is 5.82 Å². The largest absolute Gasteiger partial charge is 0.465 e. The summed E-state index contributed by atoms with van der Waals surface area (Å²) >= 11 is 0. The van der Waals surface area contributed by atoms with Gasteiger partial charge in [0, 0.05) is 10.9 Å². The van der Waals surface area contributed by atoms with Crippen LogP contribution in [0.1, 0.15) is 10.4 Å². The van der Waals surface area contributed by atoms with E-state index in [1.165, 1.54) is 30.3 Å². The molecule has 3 aromatic rings. The van der Waals surface area contributed by atoms with Crippen molar-refractivity contribution < 1.29 is 22.7 Å². The molecule has 0 aliphatic carbocycles. The summed E-state index contributed by atoms with van der Waals surface area (Å²) in [6.45, 7) is 0. The molecule has 116 valence electrons. The van der Waals surface area contributed by atoms with Crippen molar-refractivity contribution in [2.45, 2.75) is 0 Å². The van der Waals surface area contributed by atoms with E-state index in [-0.39, 0.29) is 27.7 Å². The van der Waals surface area contributed by atoms with E-state index in [9.17, 15) is 18.0 Å². The smallest absolute Gasteiger partial charge is 0.340 e. The molecule has 1 heterocycles. The Bertz CT molecular complexity index is 925. The molecule has 0 amide bonds. The first-order valence-corrected chi connectivity index (χ1v) is 6.65. The number of hydrogen-bond acceptors (Lipinski definition) is 3. The number of methoxy groups -OCH3 is 1. The van der Waals surface area contributed by atoms with Crippen molar-refractivity contribution in [3.8, 4) is 11.3 Å². The first kappa shape index (κ1) is 15.0. The standard InChI is InChI=1S/C17H10F3NO2/c1-23-17(22)11-7-6-9-8-13(19)16(21-15(9)14(11)20)10-4-2-3-5-12(10)18/h2-8H,1H3. The Kier molecular flexibility index (Phi) is 3.73. The second kappa shape index (κ2) is 5.72. The summed E-state index contributed by atoms with van der Waals surface area (Å²) in [5.74, 6) is -3.27. The molecule has 3 nitrogen and oxygen atoms in total. The van der Waals surface area contributed by atoms with Gasteiger partial charge in [0.1, 0.15) is 22.8 Å². The van der Waals surface area contributed by atoms with Gasteiger partial charge >= 0.3 is 5.97 Å². The minimum Gasteiger partial charge on any atom is -0.465 e. The lowest BCUT2D eigenvalue weighted by Gasteiger charge is -2.08. The fraction of sp³-hybridized carbons (Fsp3) is 0.0588. The highest BCUT2D eigenvalue weighted by Gasteiger charge is 2.19. The van der Waals surface area contributed by atoms with Gasteiger partial charge in [0.2, 0.25) is 0 Å². The van der Waals surface area contributed by atoms with Crippen molar-refractivity contribution in [3.63, 3.8) is 0 Å². The Balaban J connectivity index is 2.29. The minimum atomic E-state index is -0.938. The lowest BCUT2D eigenvalue weighted by atomic mass is 10.1. The van der Waals surface area contributed by atoms with Gasteiger partial charge in [-0.25, -0.2) is 22.9 Å². The average Bonchev–Trinajstić information content (AvgIpc) is 2.55. The number of rotatable bonds is 2. The molecule has 0 N–H and O–H groups in total. The van der Waals surface area contributed by atoms with E-state index in [0.717, 1.165) is 19.2 Å². The second-order valence-corrected chi connectivity index (χ2v) is 4.79. The Morgan fingerprint density at radius 3 is 2.48 bits per heavy atom. The maximum absolute atomic E-state index is 14.5. The molecule has 0 fully saturated rings. The molecule has 0 saturated heterocycles. The van der Waals surface area contributed by atoms with E-state index in [1.54, 1.807) is 0 Å². The van der Waals surface area contributed by atoms with Crippen molar-refractivity contribution in [2.75, 3.05) is 7.11 Å². The molecule has 0 spiro atoms. The fourth-order valence-corrected chi connectivity index (χ4v) is 2.29. The van der Waals surface area contributed by atoms with Crippen molar-refractivity contribution in [2.24, 2.45) is 0 Å². The molecular weight excluding hydrogens is 307 g/mol. The number of carbonyl (C=O) groups excluding carboxylic acids is 1. The van der Waals surface area contributed by atoms with E-state index in [0.29, 0.717) is 0 Å². The lowest BCUT2D eigenvalue weighted by Crippen LogP contribution is -2.06. The third kappa shape index (κ3) is 2.52. The molecule has 0 saturated carbocycles. The Hall–Kier alpha value is -2.89. The number of carbonyl (C=O) groups is 1. The molecule has 6 heteroatoms. The predicted molar refractivity (Wildman–Crippen MR) is 78.4 cm³/mol. The zero-order valence-electron chi connectivity index (χ0n) is 11.9. The summed E-state index contributed by atoms with van der Waals surface area (Å²) in [4.78, 5) is 15.4. The van der Waals surface area contributed by atoms with Gasteiger partial charge in [0.25, 0.3) is 0 Å². The third-order valence-electron chi connectivity index (χ3n) is 3.41. The summed E-state index contributed by atoms with van der Waals surface area (Å²) in [5.41, 5.74) is -0.961. The van der Waals surface area contributed by atoms with Crippen LogP contribution in [0.15, 0.2) is 42.5 Å². The summed E-state index contributed by atoms with van der Waals surface area (Å²) in [7, 11) is 1.12. The number of aromatic nitrogens is 1. The van der Waals surface area contributed by atoms with Crippen LogP contribution in [0.4, 0.5) is 13.2 Å². The molecule has 3 rings (SSSR count). The maximum atomic E-state index is 14.5. The van der Waals surface area contributed by atoms with E-state index >= 15 is 0 Å². The molecule has 0 aliphatic rings. The molecule has 0 unspecified atom stereocenters. The van der Waals surface area contributed by atoms with Crippen LogP contribution in [-0.2, 0) is 4.74 Å². The van der Waals surface area contributed by atoms with E-state index in [2.05, 4.69) is 9.72 Å². The molecule has 0 aliphatic heterocycles. The molecule has 0 radical (unpaired) electrons. The molecule has 23 heavy (non-hydrogen) atoms. The van der Waals surface area contributed by atoms with Gasteiger partial charge in [-0.1, -0.05) is 18.2 Å². The number of halogens is 3. The van der Waals surface area contributed by atoms with Crippen LogP contribution in [0.3, 0.4) is 0 Å². The van der Waals surface area contributed by atoms with Crippen LogP contribution in [0.2, 0.25) is 0 Å². The highest BCUT2D eigenvalue weighted by atomic mass is 19.1. The molecule has 1 aromatic heterocycles. The van der Waals surface area contributed by atoms with E-state index in [4.69, 9.17) is 0 Å². The van der Waals surface area contributed by atoms with E-state index < -0.39 is 23.4 Å². The van der Waals surface area contributed by atoms with Gasteiger partial charge in [-0.05, 0) is 24.3 Å². The maximum Gasteiger partial charge on any atom is 0.340 e. The number of benzene rings is 2. The number of ether oxygens (including phenoxy) is 1. The summed E-state index contributed by atoms with van der Waals surface area (Å²) < 4.78 is 47.0. The van der Waals surface area contributed by atoms with Crippen LogP contribution in [-0.4, -0.2) is 18.1 Å². The molecule has 0 bridgehead atoms. The fourth-order valence-electron chi connectivity index (χ4n) is 2.29. The van der Waals surface area contributed by atoms with Crippen molar-refractivity contribution in [1.82, 2.24) is 4.98 Å². The first-order valence-electron chi connectivity index (χ1n) is 6.65. The highest BCUT2D eigenvalue weighted by Crippen LogP contribution is 2.28. The minimum absolute atomic E-state index is 0.0882. The highest BCUT2D eigenvalue weighted by molar-refractivity contribution is 5.95. The quantitative estimate of drug-likeness (QED) is 0.668. The monoisotopic (exact) mass is 317 g/mol. The van der Waals surface area contributed by atoms with Gasteiger partial charge in [-0.15, -0.1) is 0 Å². The summed E-state index contributed by atoms with van der Waals surface area (Å²) in [5, 5.41) is 0.160. The Morgan fingerprint density at radius 2 is 1.78 bits per heavy atom. The van der Waals surface area contributed by atoms with Crippen LogP contribution in [0.25, 0.3) is 22.2 Å².